The molecule has 1 aromatic carbocycles. The fraction of sp³-hybridized carbons (Fsp3) is 0.611. The van der Waals surface area contributed by atoms with Gasteiger partial charge in [-0.1, -0.05) is 19.1 Å². The Morgan fingerprint density at radius 3 is 2.91 bits per heavy atom. The zero-order valence-corrected chi connectivity index (χ0v) is 14.8. The lowest BCUT2D eigenvalue weighted by molar-refractivity contribution is -0.134. The van der Waals surface area contributed by atoms with Gasteiger partial charge in [-0.15, -0.1) is 12.4 Å². The summed E-state index contributed by atoms with van der Waals surface area (Å²) < 4.78 is 5.28. The third-order valence-electron chi connectivity index (χ3n) is 5.09. The Kier molecular flexibility index (Phi) is 6.31. The van der Waals surface area contributed by atoms with Gasteiger partial charge in [-0.3, -0.25) is 4.79 Å². The van der Waals surface area contributed by atoms with Gasteiger partial charge in [0.25, 0.3) is 0 Å². The summed E-state index contributed by atoms with van der Waals surface area (Å²) in [4.78, 5) is 15.0. The molecule has 1 amide bonds. The second-order valence-corrected chi connectivity index (χ2v) is 6.56. The van der Waals surface area contributed by atoms with E-state index in [1.807, 2.05) is 18.2 Å². The van der Waals surface area contributed by atoms with Gasteiger partial charge in [0.1, 0.15) is 5.75 Å². The van der Waals surface area contributed by atoms with E-state index in [9.17, 15) is 4.79 Å². The van der Waals surface area contributed by atoms with Crippen LogP contribution in [0.4, 0.5) is 0 Å². The first-order valence-corrected chi connectivity index (χ1v) is 8.35. The van der Waals surface area contributed by atoms with Crippen molar-refractivity contribution >= 4 is 18.3 Å². The molecule has 0 saturated carbocycles. The van der Waals surface area contributed by atoms with Crippen molar-refractivity contribution in [3.8, 4) is 5.75 Å². The zero-order valence-electron chi connectivity index (χ0n) is 14.0. The van der Waals surface area contributed by atoms with Gasteiger partial charge in [0.15, 0.2) is 0 Å². The highest BCUT2D eigenvalue weighted by atomic mass is 35.5. The molecule has 5 heteroatoms. The van der Waals surface area contributed by atoms with Gasteiger partial charge >= 0.3 is 0 Å². The monoisotopic (exact) mass is 338 g/mol. The summed E-state index contributed by atoms with van der Waals surface area (Å²) in [6.45, 7) is 4.12. The van der Waals surface area contributed by atoms with Gasteiger partial charge in [0.2, 0.25) is 5.91 Å². The van der Waals surface area contributed by atoms with Gasteiger partial charge in [0.05, 0.1) is 7.11 Å². The Balaban J connectivity index is 0.00000192. The molecule has 2 saturated heterocycles. The van der Waals surface area contributed by atoms with Crippen LogP contribution in [0.3, 0.4) is 0 Å². The Morgan fingerprint density at radius 1 is 1.35 bits per heavy atom. The zero-order chi connectivity index (χ0) is 15.5. The fourth-order valence-electron chi connectivity index (χ4n) is 3.82. The number of nitrogens with zero attached hydrogens (tertiary/aromatic N) is 1. The molecule has 0 radical (unpaired) electrons. The summed E-state index contributed by atoms with van der Waals surface area (Å²) in [6, 6.07) is 8.91. The Bertz CT molecular complexity index is 524. The van der Waals surface area contributed by atoms with Crippen LogP contribution in [0.25, 0.3) is 0 Å². The lowest BCUT2D eigenvalue weighted by Gasteiger charge is -2.29. The molecule has 128 valence electrons. The number of rotatable bonds is 4. The maximum Gasteiger partial charge on any atom is 0.223 e. The molecule has 1 N–H and O–H groups in total. The van der Waals surface area contributed by atoms with Crippen molar-refractivity contribution in [2.24, 2.45) is 0 Å². The summed E-state index contributed by atoms with van der Waals surface area (Å²) in [5.74, 6) is 1.39. The number of amides is 1. The van der Waals surface area contributed by atoms with Gasteiger partial charge in [0, 0.05) is 25.0 Å². The van der Waals surface area contributed by atoms with Crippen LogP contribution in [0.5, 0.6) is 5.75 Å². The Hall–Kier alpha value is -1.26. The number of ether oxygens (including phenoxy) is 1. The van der Waals surface area contributed by atoms with Gasteiger partial charge in [-0.2, -0.15) is 0 Å². The van der Waals surface area contributed by atoms with Crippen molar-refractivity contribution in [1.82, 2.24) is 10.2 Å². The number of fused-ring (bicyclic) bond motifs is 2. The summed E-state index contributed by atoms with van der Waals surface area (Å²) in [5.41, 5.74) is 1.17. The molecule has 1 aromatic rings. The minimum atomic E-state index is 0. The second kappa shape index (κ2) is 8.02. The van der Waals surface area contributed by atoms with Crippen LogP contribution >= 0.6 is 12.4 Å². The van der Waals surface area contributed by atoms with Crippen molar-refractivity contribution < 1.29 is 9.53 Å². The molecule has 0 spiro atoms. The standard InChI is InChI=1S/C18H26N2O2.ClH/c1-13(14-4-3-5-17(11-14)22-2)10-18(21)20-15-6-7-16(20)12-19-9-8-15;/h3-5,11,13,15-16,19H,6-10,12H2,1-2H3;1H. The van der Waals surface area contributed by atoms with Crippen LogP contribution in [0.1, 0.15) is 44.1 Å². The SMILES string of the molecule is COc1cccc(C(C)CC(=O)N2C3CCNCC2CC3)c1.Cl. The maximum absolute atomic E-state index is 12.8. The predicted octanol–water partition coefficient (Wildman–Crippen LogP) is 2.96. The highest BCUT2D eigenvalue weighted by molar-refractivity contribution is 5.85. The molecule has 4 nitrogen and oxygen atoms in total. The quantitative estimate of drug-likeness (QED) is 0.917. The van der Waals surface area contributed by atoms with E-state index in [2.05, 4.69) is 23.2 Å². The minimum absolute atomic E-state index is 0. The van der Waals surface area contributed by atoms with Gasteiger partial charge in [-0.05, 0) is 49.4 Å². The maximum atomic E-state index is 12.8. The first kappa shape index (κ1) is 18.1. The third kappa shape index (κ3) is 3.99. The average molecular weight is 339 g/mol. The lowest BCUT2D eigenvalue weighted by Crippen LogP contribution is -2.42. The number of benzene rings is 1. The number of halogens is 1. The molecule has 2 bridgehead atoms. The topological polar surface area (TPSA) is 41.6 Å². The molecule has 3 unspecified atom stereocenters. The normalized spacial score (nSPS) is 24.5. The van der Waals surface area contributed by atoms with Crippen molar-refractivity contribution in [2.75, 3.05) is 20.2 Å². The van der Waals surface area contributed by atoms with Crippen LogP contribution in [-0.2, 0) is 4.79 Å². The van der Waals surface area contributed by atoms with E-state index in [0.717, 1.165) is 31.7 Å². The summed E-state index contributed by atoms with van der Waals surface area (Å²) in [6.07, 6.45) is 4.00. The Labute approximate surface area is 145 Å². The molecular weight excluding hydrogens is 312 g/mol. The molecule has 0 aromatic heterocycles. The van der Waals surface area contributed by atoms with Crippen LogP contribution in [0, 0.1) is 0 Å². The highest BCUT2D eigenvalue weighted by Gasteiger charge is 2.38. The first-order chi connectivity index (χ1) is 10.7. The molecule has 0 aliphatic carbocycles. The van der Waals surface area contributed by atoms with E-state index in [0.29, 0.717) is 24.4 Å². The van der Waals surface area contributed by atoms with Crippen LogP contribution in [0.15, 0.2) is 24.3 Å². The predicted molar refractivity (Wildman–Crippen MR) is 94.4 cm³/mol. The van der Waals surface area contributed by atoms with Crippen LogP contribution in [-0.4, -0.2) is 43.1 Å². The third-order valence-corrected chi connectivity index (χ3v) is 5.09. The molecule has 2 heterocycles. The molecular formula is C18H27ClN2O2. The van der Waals surface area contributed by atoms with Gasteiger partial charge in [-0.25, -0.2) is 0 Å². The summed E-state index contributed by atoms with van der Waals surface area (Å²) in [5, 5.41) is 3.45. The molecule has 2 aliphatic rings. The lowest BCUT2D eigenvalue weighted by atomic mass is 9.96. The molecule has 3 rings (SSSR count). The number of methoxy groups -OCH3 is 1. The van der Waals surface area contributed by atoms with E-state index in [1.54, 1.807) is 7.11 Å². The average Bonchev–Trinajstić information content (AvgIpc) is 2.80. The van der Waals surface area contributed by atoms with E-state index in [-0.39, 0.29) is 18.3 Å². The van der Waals surface area contributed by atoms with E-state index in [4.69, 9.17) is 4.74 Å². The number of carbonyl (C=O) groups excluding carboxylic acids is 1. The fourth-order valence-corrected chi connectivity index (χ4v) is 3.82. The first-order valence-electron chi connectivity index (χ1n) is 8.35. The minimum Gasteiger partial charge on any atom is -0.497 e. The van der Waals surface area contributed by atoms with Crippen LogP contribution < -0.4 is 10.1 Å². The highest BCUT2D eigenvalue weighted by Crippen LogP contribution is 2.31. The molecule has 2 fully saturated rings. The van der Waals surface area contributed by atoms with Gasteiger partial charge < -0.3 is 15.0 Å². The number of hydrogen-bond acceptors (Lipinski definition) is 3. The van der Waals surface area contributed by atoms with E-state index in [1.165, 1.54) is 12.0 Å². The smallest absolute Gasteiger partial charge is 0.223 e. The molecule has 3 atom stereocenters. The van der Waals surface area contributed by atoms with Crippen molar-refractivity contribution in [1.29, 1.82) is 0 Å². The molecule has 23 heavy (non-hydrogen) atoms. The number of nitrogens with one attached hydrogen (secondary N) is 1. The largest absolute Gasteiger partial charge is 0.497 e. The summed E-state index contributed by atoms with van der Waals surface area (Å²) >= 11 is 0. The second-order valence-electron chi connectivity index (χ2n) is 6.56. The van der Waals surface area contributed by atoms with E-state index < -0.39 is 0 Å². The van der Waals surface area contributed by atoms with Crippen molar-refractivity contribution in [3.05, 3.63) is 29.8 Å². The summed E-state index contributed by atoms with van der Waals surface area (Å²) in [7, 11) is 1.68. The molecule has 2 aliphatic heterocycles. The van der Waals surface area contributed by atoms with E-state index >= 15 is 0 Å². The van der Waals surface area contributed by atoms with Crippen LogP contribution in [0.2, 0.25) is 0 Å². The van der Waals surface area contributed by atoms with Crippen molar-refractivity contribution in [3.63, 3.8) is 0 Å². The number of carbonyl (C=O) groups is 1. The van der Waals surface area contributed by atoms with Crippen molar-refractivity contribution in [2.45, 2.75) is 50.6 Å². The Morgan fingerprint density at radius 2 is 2.13 bits per heavy atom. The number of hydrogen-bond donors (Lipinski definition) is 1.